The lowest BCUT2D eigenvalue weighted by Gasteiger charge is -2.08. The zero-order chi connectivity index (χ0) is 12.1. The van der Waals surface area contributed by atoms with Gasteiger partial charge in [-0.15, -0.1) is 10.2 Å². The summed E-state index contributed by atoms with van der Waals surface area (Å²) in [6.45, 7) is 2.64. The minimum Gasteiger partial charge on any atom is -0.356 e. The van der Waals surface area contributed by atoms with E-state index >= 15 is 0 Å². The molecule has 94 valence electrons. The Bertz CT molecular complexity index is 370. The average molecular weight is 237 g/mol. The first-order valence-electron chi connectivity index (χ1n) is 6.06. The third-order valence-electron chi connectivity index (χ3n) is 3.11. The highest BCUT2D eigenvalue weighted by atomic mass is 16.1. The van der Waals surface area contributed by atoms with Crippen molar-refractivity contribution in [1.82, 2.24) is 25.4 Å². The van der Waals surface area contributed by atoms with Crippen molar-refractivity contribution in [2.45, 2.75) is 19.3 Å². The van der Waals surface area contributed by atoms with E-state index in [0.29, 0.717) is 18.9 Å². The monoisotopic (exact) mass is 237 g/mol. The fourth-order valence-corrected chi connectivity index (χ4v) is 2.07. The third kappa shape index (κ3) is 3.52. The van der Waals surface area contributed by atoms with Crippen LogP contribution in [0.3, 0.4) is 0 Å². The molecular weight excluding hydrogens is 218 g/mol. The number of carbonyl (C=O) groups is 1. The van der Waals surface area contributed by atoms with Crippen LogP contribution in [0, 0.1) is 5.92 Å². The first-order valence-corrected chi connectivity index (χ1v) is 6.06. The van der Waals surface area contributed by atoms with Gasteiger partial charge in [-0.25, -0.2) is 0 Å². The molecule has 1 aromatic rings. The molecule has 6 nitrogen and oxygen atoms in total. The highest BCUT2D eigenvalue weighted by Crippen LogP contribution is 2.11. The molecule has 2 rings (SSSR count). The van der Waals surface area contributed by atoms with E-state index in [0.717, 1.165) is 31.8 Å². The highest BCUT2D eigenvalue weighted by Gasteiger charge is 2.17. The SMILES string of the molecule is Cn1cnnc1CCNC(=O)CC1CCNC1. The van der Waals surface area contributed by atoms with Gasteiger partial charge in [0.2, 0.25) is 5.91 Å². The van der Waals surface area contributed by atoms with E-state index in [1.807, 2.05) is 11.6 Å². The van der Waals surface area contributed by atoms with Crippen molar-refractivity contribution >= 4 is 5.91 Å². The number of aryl methyl sites for hydroxylation is 1. The van der Waals surface area contributed by atoms with E-state index in [2.05, 4.69) is 20.8 Å². The van der Waals surface area contributed by atoms with Crippen LogP contribution < -0.4 is 10.6 Å². The Balaban J connectivity index is 1.64. The van der Waals surface area contributed by atoms with Gasteiger partial charge in [0.1, 0.15) is 12.2 Å². The van der Waals surface area contributed by atoms with Crippen LogP contribution in [0.5, 0.6) is 0 Å². The van der Waals surface area contributed by atoms with E-state index in [1.165, 1.54) is 0 Å². The van der Waals surface area contributed by atoms with Crippen LogP contribution in [0.2, 0.25) is 0 Å². The summed E-state index contributed by atoms with van der Waals surface area (Å²) in [6.07, 6.45) is 4.13. The second-order valence-electron chi connectivity index (χ2n) is 4.52. The molecule has 6 heteroatoms. The summed E-state index contributed by atoms with van der Waals surface area (Å²) in [4.78, 5) is 11.6. The summed E-state index contributed by atoms with van der Waals surface area (Å²) < 4.78 is 1.87. The molecule has 1 fully saturated rings. The van der Waals surface area contributed by atoms with Crippen LogP contribution in [-0.4, -0.2) is 40.3 Å². The fourth-order valence-electron chi connectivity index (χ4n) is 2.07. The molecule has 1 aliphatic rings. The van der Waals surface area contributed by atoms with E-state index in [1.54, 1.807) is 6.33 Å². The Labute approximate surface area is 101 Å². The van der Waals surface area contributed by atoms with Crippen LogP contribution in [0.25, 0.3) is 0 Å². The molecule has 0 aliphatic carbocycles. The van der Waals surface area contributed by atoms with Crippen LogP contribution >= 0.6 is 0 Å². The van der Waals surface area contributed by atoms with Gasteiger partial charge in [-0.1, -0.05) is 0 Å². The first-order chi connectivity index (χ1) is 8.25. The standard InChI is InChI=1S/C11H19N5O/c1-16-8-14-15-10(16)3-5-13-11(17)6-9-2-4-12-7-9/h8-9,12H,2-7H2,1H3,(H,13,17). The van der Waals surface area contributed by atoms with E-state index in [9.17, 15) is 4.79 Å². The zero-order valence-electron chi connectivity index (χ0n) is 10.1. The molecular formula is C11H19N5O. The molecule has 1 atom stereocenters. The van der Waals surface area contributed by atoms with Gasteiger partial charge in [-0.3, -0.25) is 4.79 Å². The van der Waals surface area contributed by atoms with Crippen molar-refractivity contribution in [2.24, 2.45) is 13.0 Å². The van der Waals surface area contributed by atoms with E-state index in [4.69, 9.17) is 0 Å². The largest absolute Gasteiger partial charge is 0.356 e. The maximum atomic E-state index is 11.6. The van der Waals surface area contributed by atoms with Crippen LogP contribution in [0.4, 0.5) is 0 Å². The second kappa shape index (κ2) is 5.77. The molecule has 0 aromatic carbocycles. The molecule has 1 aromatic heterocycles. The van der Waals surface area contributed by atoms with Gasteiger partial charge in [0.05, 0.1) is 0 Å². The normalized spacial score (nSPS) is 19.5. The molecule has 1 amide bonds. The number of amides is 1. The third-order valence-corrected chi connectivity index (χ3v) is 3.11. The minimum absolute atomic E-state index is 0.140. The van der Waals surface area contributed by atoms with E-state index in [-0.39, 0.29) is 5.91 Å². The molecule has 17 heavy (non-hydrogen) atoms. The van der Waals surface area contributed by atoms with Gasteiger partial charge in [0.25, 0.3) is 0 Å². The van der Waals surface area contributed by atoms with Crippen molar-refractivity contribution in [3.8, 4) is 0 Å². The maximum absolute atomic E-state index is 11.6. The van der Waals surface area contributed by atoms with Crippen molar-refractivity contribution in [3.05, 3.63) is 12.2 Å². The number of hydrogen-bond donors (Lipinski definition) is 2. The van der Waals surface area contributed by atoms with Crippen molar-refractivity contribution in [1.29, 1.82) is 0 Å². The summed E-state index contributed by atoms with van der Waals surface area (Å²) in [5.41, 5.74) is 0. The quantitative estimate of drug-likeness (QED) is 0.722. The predicted octanol–water partition coefficient (Wildman–Crippen LogP) is -0.527. The number of carbonyl (C=O) groups excluding carboxylic acids is 1. The fraction of sp³-hybridized carbons (Fsp3) is 0.727. The number of nitrogens with one attached hydrogen (secondary N) is 2. The summed E-state index contributed by atoms with van der Waals surface area (Å²) >= 11 is 0. The first kappa shape index (κ1) is 12.0. The Morgan fingerprint density at radius 1 is 1.71 bits per heavy atom. The molecule has 1 unspecified atom stereocenters. The maximum Gasteiger partial charge on any atom is 0.220 e. The van der Waals surface area contributed by atoms with E-state index < -0.39 is 0 Å². The molecule has 1 aliphatic heterocycles. The Hall–Kier alpha value is -1.43. The molecule has 0 bridgehead atoms. The van der Waals surface area contributed by atoms with Gasteiger partial charge >= 0.3 is 0 Å². The number of rotatable bonds is 5. The van der Waals surface area contributed by atoms with Crippen molar-refractivity contribution in [2.75, 3.05) is 19.6 Å². The highest BCUT2D eigenvalue weighted by molar-refractivity contribution is 5.76. The minimum atomic E-state index is 0.140. The molecule has 0 radical (unpaired) electrons. The average Bonchev–Trinajstić information content (AvgIpc) is 2.91. The van der Waals surface area contributed by atoms with Gasteiger partial charge in [-0.05, 0) is 25.4 Å². The summed E-state index contributed by atoms with van der Waals surface area (Å²) in [5, 5.41) is 14.0. The lowest BCUT2D eigenvalue weighted by Crippen LogP contribution is -2.28. The number of aromatic nitrogens is 3. The van der Waals surface area contributed by atoms with Crippen molar-refractivity contribution < 1.29 is 4.79 Å². The van der Waals surface area contributed by atoms with Gasteiger partial charge < -0.3 is 15.2 Å². The smallest absolute Gasteiger partial charge is 0.220 e. The van der Waals surface area contributed by atoms with Crippen LogP contribution in [-0.2, 0) is 18.3 Å². The molecule has 0 spiro atoms. The van der Waals surface area contributed by atoms with Gasteiger partial charge in [-0.2, -0.15) is 0 Å². The van der Waals surface area contributed by atoms with Gasteiger partial charge in [0, 0.05) is 26.4 Å². The van der Waals surface area contributed by atoms with Crippen LogP contribution in [0.1, 0.15) is 18.7 Å². The summed E-state index contributed by atoms with van der Waals surface area (Å²) in [6, 6.07) is 0. The zero-order valence-corrected chi connectivity index (χ0v) is 10.1. The predicted molar refractivity (Wildman–Crippen MR) is 63.3 cm³/mol. The second-order valence-corrected chi connectivity index (χ2v) is 4.52. The number of hydrogen-bond acceptors (Lipinski definition) is 4. The lowest BCUT2D eigenvalue weighted by molar-refractivity contribution is -0.121. The molecule has 2 N–H and O–H groups in total. The van der Waals surface area contributed by atoms with Gasteiger partial charge in [0.15, 0.2) is 0 Å². The Morgan fingerprint density at radius 3 is 3.24 bits per heavy atom. The topological polar surface area (TPSA) is 71.8 Å². The summed E-state index contributed by atoms with van der Waals surface area (Å²) in [7, 11) is 1.90. The summed E-state index contributed by atoms with van der Waals surface area (Å²) in [5.74, 6) is 1.54. The lowest BCUT2D eigenvalue weighted by atomic mass is 10.0. The molecule has 1 saturated heterocycles. The van der Waals surface area contributed by atoms with Crippen LogP contribution in [0.15, 0.2) is 6.33 Å². The Kier molecular flexibility index (Phi) is 4.08. The number of nitrogens with zero attached hydrogens (tertiary/aromatic N) is 3. The van der Waals surface area contributed by atoms with Crippen molar-refractivity contribution in [3.63, 3.8) is 0 Å². The Morgan fingerprint density at radius 2 is 2.59 bits per heavy atom. The molecule has 0 saturated carbocycles. The molecule has 2 heterocycles.